The Morgan fingerprint density at radius 1 is 1.25 bits per heavy atom. The Hall–Kier alpha value is -1.25. The van der Waals surface area contributed by atoms with Gasteiger partial charge in [-0.3, -0.25) is 0 Å². The van der Waals surface area contributed by atoms with Gasteiger partial charge in [0.15, 0.2) is 0 Å². The van der Waals surface area contributed by atoms with Crippen LogP contribution in [0.25, 0.3) is 10.8 Å². The van der Waals surface area contributed by atoms with Crippen LogP contribution in [0, 0.1) is 0 Å². The fourth-order valence-electron chi connectivity index (χ4n) is 2.94. The first-order chi connectivity index (χ1) is 9.66. The monoisotopic (exact) mass is 289 g/mol. The Kier molecular flexibility index (Phi) is 3.86. The van der Waals surface area contributed by atoms with Crippen LogP contribution in [0.5, 0.6) is 5.75 Å². The van der Waals surface area contributed by atoms with Gasteiger partial charge in [0.25, 0.3) is 0 Å². The molecule has 2 aromatic rings. The number of halogens is 1. The van der Waals surface area contributed by atoms with Gasteiger partial charge in [-0.2, -0.15) is 0 Å². The number of ether oxygens (including phenoxy) is 1. The quantitative estimate of drug-likeness (QED) is 0.865. The molecule has 1 heterocycles. The first kappa shape index (κ1) is 13.7. The molecular weight excluding hydrogens is 270 g/mol. The molecule has 1 aliphatic heterocycles. The van der Waals surface area contributed by atoms with Gasteiger partial charge in [0.05, 0.1) is 6.61 Å². The summed E-state index contributed by atoms with van der Waals surface area (Å²) < 4.78 is 6.03. The standard InChI is InChI=1S/C17H20ClNO/c1-11(2)19-16-8-5-9-20-17-13-7-4-3-6-12(13)15(18)10-14(16)17/h3-4,6-7,10-11,16,19H,5,8-9H2,1-2H3. The molecule has 0 amide bonds. The number of hydrogen-bond acceptors (Lipinski definition) is 2. The van der Waals surface area contributed by atoms with E-state index in [4.69, 9.17) is 16.3 Å². The minimum Gasteiger partial charge on any atom is -0.493 e. The molecule has 0 bridgehead atoms. The average Bonchev–Trinajstić information content (AvgIpc) is 2.62. The first-order valence-electron chi connectivity index (χ1n) is 7.27. The molecule has 1 atom stereocenters. The molecule has 0 saturated heterocycles. The number of rotatable bonds is 2. The number of hydrogen-bond donors (Lipinski definition) is 1. The van der Waals surface area contributed by atoms with Crippen LogP contribution in [0.1, 0.15) is 38.3 Å². The molecule has 3 rings (SSSR count). The lowest BCUT2D eigenvalue weighted by atomic mass is 9.97. The van der Waals surface area contributed by atoms with E-state index in [1.807, 2.05) is 12.1 Å². The molecule has 2 aromatic carbocycles. The highest BCUT2D eigenvalue weighted by molar-refractivity contribution is 6.36. The molecule has 0 saturated carbocycles. The maximum atomic E-state index is 6.47. The average molecular weight is 290 g/mol. The molecule has 0 fully saturated rings. The Morgan fingerprint density at radius 3 is 2.75 bits per heavy atom. The SMILES string of the molecule is CC(C)NC1CCCOc2c1cc(Cl)c1ccccc21. The van der Waals surface area contributed by atoms with Gasteiger partial charge in [0.2, 0.25) is 0 Å². The molecule has 1 N–H and O–H groups in total. The fraction of sp³-hybridized carbons (Fsp3) is 0.412. The highest BCUT2D eigenvalue weighted by Gasteiger charge is 2.23. The largest absolute Gasteiger partial charge is 0.493 e. The Balaban J connectivity index is 2.18. The third-order valence-corrected chi connectivity index (χ3v) is 4.08. The van der Waals surface area contributed by atoms with E-state index >= 15 is 0 Å². The Bertz CT molecular complexity index is 624. The van der Waals surface area contributed by atoms with Crippen molar-refractivity contribution in [3.8, 4) is 5.75 Å². The van der Waals surface area contributed by atoms with Gasteiger partial charge < -0.3 is 10.1 Å². The summed E-state index contributed by atoms with van der Waals surface area (Å²) >= 11 is 6.47. The second kappa shape index (κ2) is 5.63. The number of nitrogens with one attached hydrogen (secondary N) is 1. The van der Waals surface area contributed by atoms with E-state index in [1.165, 1.54) is 5.56 Å². The third kappa shape index (κ3) is 2.50. The van der Waals surface area contributed by atoms with Gasteiger partial charge in [-0.1, -0.05) is 49.7 Å². The summed E-state index contributed by atoms with van der Waals surface area (Å²) in [7, 11) is 0. The molecule has 20 heavy (non-hydrogen) atoms. The molecule has 0 spiro atoms. The van der Waals surface area contributed by atoms with E-state index in [9.17, 15) is 0 Å². The van der Waals surface area contributed by atoms with Crippen LogP contribution >= 0.6 is 11.6 Å². The molecule has 106 valence electrons. The van der Waals surface area contributed by atoms with Crippen molar-refractivity contribution in [3.05, 3.63) is 40.9 Å². The normalized spacial score (nSPS) is 18.7. The number of fused-ring (bicyclic) bond motifs is 3. The minimum absolute atomic E-state index is 0.314. The van der Waals surface area contributed by atoms with Crippen LogP contribution in [-0.2, 0) is 0 Å². The van der Waals surface area contributed by atoms with E-state index in [1.54, 1.807) is 0 Å². The van der Waals surface area contributed by atoms with Gasteiger partial charge >= 0.3 is 0 Å². The second-order valence-corrected chi connectivity index (χ2v) is 6.09. The topological polar surface area (TPSA) is 21.3 Å². The predicted molar refractivity (Wildman–Crippen MR) is 84.7 cm³/mol. The zero-order valence-electron chi connectivity index (χ0n) is 11.9. The zero-order chi connectivity index (χ0) is 14.1. The second-order valence-electron chi connectivity index (χ2n) is 5.69. The lowest BCUT2D eigenvalue weighted by Crippen LogP contribution is -2.27. The van der Waals surface area contributed by atoms with Crippen molar-refractivity contribution < 1.29 is 4.74 Å². The van der Waals surface area contributed by atoms with Crippen LogP contribution < -0.4 is 10.1 Å². The van der Waals surface area contributed by atoms with Crippen molar-refractivity contribution in [1.29, 1.82) is 0 Å². The lowest BCUT2D eigenvalue weighted by Gasteiger charge is -2.22. The van der Waals surface area contributed by atoms with Crippen molar-refractivity contribution >= 4 is 22.4 Å². The summed E-state index contributed by atoms with van der Waals surface area (Å²) in [6.45, 7) is 5.12. The van der Waals surface area contributed by atoms with Gasteiger partial charge in [-0.15, -0.1) is 0 Å². The maximum absolute atomic E-state index is 6.47. The van der Waals surface area contributed by atoms with E-state index in [-0.39, 0.29) is 0 Å². The molecule has 0 aromatic heterocycles. The highest BCUT2D eigenvalue weighted by Crippen LogP contribution is 2.41. The molecular formula is C17H20ClNO. The minimum atomic E-state index is 0.314. The van der Waals surface area contributed by atoms with Gasteiger partial charge in [0.1, 0.15) is 5.75 Å². The molecule has 0 aliphatic carbocycles. The van der Waals surface area contributed by atoms with Crippen LogP contribution in [0.4, 0.5) is 0 Å². The van der Waals surface area contributed by atoms with E-state index in [2.05, 4.69) is 37.4 Å². The van der Waals surface area contributed by atoms with Crippen molar-refractivity contribution in [1.82, 2.24) is 5.32 Å². The van der Waals surface area contributed by atoms with Crippen molar-refractivity contribution in [2.24, 2.45) is 0 Å². The smallest absolute Gasteiger partial charge is 0.131 e. The number of benzene rings is 2. The summed E-state index contributed by atoms with van der Waals surface area (Å²) in [4.78, 5) is 0. The van der Waals surface area contributed by atoms with Crippen LogP contribution in [0.15, 0.2) is 30.3 Å². The van der Waals surface area contributed by atoms with Gasteiger partial charge in [-0.05, 0) is 18.9 Å². The van der Waals surface area contributed by atoms with E-state index in [0.717, 1.165) is 41.0 Å². The van der Waals surface area contributed by atoms with Gasteiger partial charge in [-0.25, -0.2) is 0 Å². The summed E-state index contributed by atoms with van der Waals surface area (Å²) in [5, 5.41) is 6.62. The maximum Gasteiger partial charge on any atom is 0.131 e. The van der Waals surface area contributed by atoms with Crippen LogP contribution in [0.2, 0.25) is 5.02 Å². The Labute approximate surface area is 125 Å². The molecule has 0 radical (unpaired) electrons. The predicted octanol–water partition coefficient (Wildman–Crippen LogP) is 4.70. The van der Waals surface area contributed by atoms with Crippen LogP contribution in [0.3, 0.4) is 0 Å². The van der Waals surface area contributed by atoms with Gasteiger partial charge in [0, 0.05) is 33.4 Å². The van der Waals surface area contributed by atoms with Crippen molar-refractivity contribution in [3.63, 3.8) is 0 Å². The first-order valence-corrected chi connectivity index (χ1v) is 7.64. The summed E-state index contributed by atoms with van der Waals surface area (Å²) in [6.07, 6.45) is 2.14. The summed E-state index contributed by atoms with van der Waals surface area (Å²) in [5.74, 6) is 1.00. The zero-order valence-corrected chi connectivity index (χ0v) is 12.7. The summed E-state index contributed by atoms with van der Waals surface area (Å²) in [6, 6.07) is 11.0. The van der Waals surface area contributed by atoms with Crippen LogP contribution in [-0.4, -0.2) is 12.6 Å². The summed E-state index contributed by atoms with van der Waals surface area (Å²) in [5.41, 5.74) is 1.19. The third-order valence-electron chi connectivity index (χ3n) is 3.77. The molecule has 2 nitrogen and oxygen atoms in total. The lowest BCUT2D eigenvalue weighted by molar-refractivity contribution is 0.318. The van der Waals surface area contributed by atoms with Crippen molar-refractivity contribution in [2.75, 3.05) is 6.61 Å². The van der Waals surface area contributed by atoms with Crippen molar-refractivity contribution in [2.45, 2.75) is 38.8 Å². The fourth-order valence-corrected chi connectivity index (χ4v) is 3.22. The Morgan fingerprint density at radius 2 is 2.00 bits per heavy atom. The highest BCUT2D eigenvalue weighted by atomic mass is 35.5. The molecule has 1 aliphatic rings. The molecule has 1 unspecified atom stereocenters. The van der Waals surface area contributed by atoms with E-state index < -0.39 is 0 Å². The molecule has 3 heteroatoms. The van der Waals surface area contributed by atoms with E-state index in [0.29, 0.717) is 12.1 Å².